The number of ether oxygens (including phenoxy) is 1. The maximum atomic E-state index is 5.84. The Morgan fingerprint density at radius 1 is 0.462 bits per heavy atom. The molecule has 0 radical (unpaired) electrons. The Morgan fingerprint density at radius 3 is 1.38 bits per heavy atom. The molecule has 0 spiro atoms. The van der Waals surface area contributed by atoms with Crippen molar-refractivity contribution in [1.82, 2.24) is 0 Å². The fourth-order valence-electron chi connectivity index (χ4n) is 5.41. The summed E-state index contributed by atoms with van der Waals surface area (Å²) in [6.07, 6.45) is 5.44. The first kappa shape index (κ1) is 27.4. The number of rotatable bonds is 12. The Balaban J connectivity index is 1.34. The van der Waals surface area contributed by atoms with Crippen molar-refractivity contribution in [3.8, 4) is 5.75 Å². The minimum absolute atomic E-state index is 0.778. The molecule has 5 aromatic carbocycles. The summed E-state index contributed by atoms with van der Waals surface area (Å²) >= 11 is 4.57. The molecule has 0 bridgehead atoms. The summed E-state index contributed by atoms with van der Waals surface area (Å²) in [4.78, 5) is 0. The van der Waals surface area contributed by atoms with E-state index in [2.05, 4.69) is 131 Å². The van der Waals surface area contributed by atoms with Gasteiger partial charge in [-0.3, -0.25) is 0 Å². The molecule has 0 amide bonds. The van der Waals surface area contributed by atoms with Gasteiger partial charge >= 0.3 is 212 Å². The fourth-order valence-corrected chi connectivity index (χ4v) is 13.1. The quantitative estimate of drug-likeness (QED) is 0.103. The van der Waals surface area contributed by atoms with Crippen LogP contribution in [0, 0.1) is 0 Å². The summed E-state index contributed by atoms with van der Waals surface area (Å²) < 4.78 is 5.84. The van der Waals surface area contributed by atoms with Crippen molar-refractivity contribution < 1.29 is 4.74 Å². The third-order valence-corrected chi connectivity index (χ3v) is 17.0. The van der Waals surface area contributed by atoms with Crippen LogP contribution in [0.25, 0.3) is 0 Å². The van der Waals surface area contributed by atoms with Crippen LogP contribution < -0.4 is 20.7 Å². The first-order chi connectivity index (χ1) is 19.2. The molecule has 0 aromatic heterocycles. The molecule has 198 valence electrons. The monoisotopic (exact) mass is 594 g/mol. The van der Waals surface area contributed by atoms with E-state index < -0.39 is 5.31 Å². The van der Waals surface area contributed by atoms with Gasteiger partial charge in [-0.15, -0.1) is 0 Å². The van der Waals surface area contributed by atoms with Gasteiger partial charge < -0.3 is 0 Å². The number of benzene rings is 5. The van der Waals surface area contributed by atoms with Crippen LogP contribution in [0.5, 0.6) is 5.75 Å². The van der Waals surface area contributed by atoms with Crippen molar-refractivity contribution in [2.75, 3.05) is 6.61 Å². The van der Waals surface area contributed by atoms with Crippen LogP contribution in [0.3, 0.4) is 0 Å². The maximum absolute atomic E-state index is 5.84. The van der Waals surface area contributed by atoms with Crippen LogP contribution in [0.2, 0.25) is 0 Å². The first-order valence-electron chi connectivity index (χ1n) is 13.8. The van der Waals surface area contributed by atoms with E-state index in [-0.39, 0.29) is 0 Å². The van der Waals surface area contributed by atoms with Gasteiger partial charge in [0.25, 0.3) is 0 Å². The van der Waals surface area contributed by atoms with Crippen LogP contribution in [0.1, 0.15) is 30.4 Å². The Hall–Kier alpha value is -3.19. The van der Waals surface area contributed by atoms with Gasteiger partial charge in [-0.2, -0.15) is 0 Å². The molecule has 3 heteroatoms. The Morgan fingerprint density at radius 2 is 0.897 bits per heavy atom. The molecule has 0 saturated carbocycles. The van der Waals surface area contributed by atoms with E-state index in [9.17, 15) is 0 Å². The van der Waals surface area contributed by atoms with Crippen LogP contribution >= 0.6 is 20.8 Å². The van der Waals surface area contributed by atoms with Crippen LogP contribution in [-0.4, -0.2) is 6.61 Å². The minimum atomic E-state index is -2.97. The summed E-state index contributed by atoms with van der Waals surface area (Å²) in [6.45, 7) is 0.778. The second-order valence-corrected chi connectivity index (χ2v) is 19.1. The van der Waals surface area contributed by atoms with Crippen molar-refractivity contribution in [2.45, 2.75) is 31.8 Å². The number of hydrogen-bond acceptors (Lipinski definition) is 1. The van der Waals surface area contributed by atoms with Crippen molar-refractivity contribution in [1.29, 1.82) is 0 Å². The summed E-state index contributed by atoms with van der Waals surface area (Å²) in [5.74, 6) is 0.957. The molecule has 0 aliphatic heterocycles. The van der Waals surface area contributed by atoms with E-state index in [0.29, 0.717) is 0 Å². The number of halogens is 1. The van der Waals surface area contributed by atoms with Crippen molar-refractivity contribution in [3.63, 3.8) is 0 Å². The molecule has 0 saturated heterocycles. The number of hydrogen-bond donors (Lipinski definition) is 0. The van der Waals surface area contributed by atoms with E-state index in [1.54, 1.807) is 0 Å². The molecule has 5 rings (SSSR count). The molecule has 39 heavy (non-hydrogen) atoms. The van der Waals surface area contributed by atoms with Gasteiger partial charge in [0.05, 0.1) is 0 Å². The van der Waals surface area contributed by atoms with E-state index in [4.69, 9.17) is 4.74 Å². The van der Waals surface area contributed by atoms with E-state index in [1.807, 2.05) is 30.3 Å². The summed E-state index contributed by atoms with van der Waals surface area (Å²) in [5.41, 5.74) is 2.75. The third-order valence-electron chi connectivity index (χ3n) is 7.51. The average molecular weight is 596 g/mol. The molecular weight excluding hydrogens is 559 g/mol. The molecule has 5 aromatic rings. The van der Waals surface area contributed by atoms with E-state index in [0.717, 1.165) is 31.4 Å². The average Bonchev–Trinajstić information content (AvgIpc) is 3.01. The predicted molar refractivity (Wildman–Crippen MR) is 174 cm³/mol. The van der Waals surface area contributed by atoms with Crippen LogP contribution in [0.15, 0.2) is 146 Å². The predicted octanol–water partition coefficient (Wildman–Crippen LogP) is 8.82. The van der Waals surface area contributed by atoms with Crippen molar-refractivity contribution in [3.05, 3.63) is 157 Å². The van der Waals surface area contributed by atoms with Crippen LogP contribution in [0.4, 0.5) is 0 Å². The van der Waals surface area contributed by atoms with Gasteiger partial charge in [0.15, 0.2) is 0 Å². The molecule has 0 N–H and O–H groups in total. The molecule has 0 aliphatic carbocycles. The van der Waals surface area contributed by atoms with Gasteiger partial charge in [0.1, 0.15) is 0 Å². The Labute approximate surface area is 241 Å². The Bertz CT molecular complexity index is 1320. The normalized spacial score (nSPS) is 12.4. The Kier molecular flexibility index (Phi) is 8.97. The standard InChI is InChI=1S/C36H36BrOP/c37-39(34-19-9-2-10-20-34,35-21-11-3-12-22-35,36-23-13-4-14-24-36)30-32-27-25-31(26-28-32)16-6-5-15-29-38-33-17-7-1-8-18-33/h1-4,7-14,17-28H,5-6,15-16,29-30H2. The van der Waals surface area contributed by atoms with Gasteiger partial charge in [-0.1, -0.05) is 18.2 Å². The van der Waals surface area contributed by atoms with Gasteiger partial charge in [0.2, 0.25) is 0 Å². The van der Waals surface area contributed by atoms with E-state index >= 15 is 0 Å². The summed E-state index contributed by atoms with van der Waals surface area (Å²) in [5, 5.41) is 1.08. The molecular formula is C36H36BrOP. The molecule has 0 aliphatic rings. The number of para-hydroxylation sites is 1. The zero-order chi connectivity index (χ0) is 26.8. The number of unbranched alkanes of at least 4 members (excludes halogenated alkanes) is 2. The summed E-state index contributed by atoms with van der Waals surface area (Å²) in [6, 6.07) is 52.5. The zero-order valence-electron chi connectivity index (χ0n) is 22.3. The second kappa shape index (κ2) is 12.8. The van der Waals surface area contributed by atoms with Crippen molar-refractivity contribution in [2.24, 2.45) is 0 Å². The van der Waals surface area contributed by atoms with E-state index in [1.165, 1.54) is 39.9 Å². The molecule has 1 nitrogen and oxygen atoms in total. The van der Waals surface area contributed by atoms with Crippen molar-refractivity contribution >= 4 is 36.7 Å². The van der Waals surface area contributed by atoms with Crippen LogP contribution in [-0.2, 0) is 12.6 Å². The van der Waals surface area contributed by atoms with Gasteiger partial charge in [-0.25, -0.2) is 0 Å². The number of aryl methyl sites for hydroxylation is 1. The third kappa shape index (κ3) is 6.19. The molecule has 0 unspecified atom stereocenters. The molecule has 0 heterocycles. The molecule has 0 fully saturated rings. The zero-order valence-corrected chi connectivity index (χ0v) is 24.8. The second-order valence-electron chi connectivity index (χ2n) is 10.1. The fraction of sp³-hybridized carbons (Fsp3) is 0.167. The van der Waals surface area contributed by atoms with Gasteiger partial charge in [0, 0.05) is 0 Å². The van der Waals surface area contributed by atoms with Gasteiger partial charge in [-0.05, 0) is 12.1 Å². The topological polar surface area (TPSA) is 9.23 Å². The SMILES string of the molecule is BrP(Cc1ccc(CCCCCOc2ccccc2)cc1)(c1ccccc1)(c1ccccc1)c1ccccc1. The summed E-state index contributed by atoms with van der Waals surface area (Å²) in [7, 11) is 0. The first-order valence-corrected chi connectivity index (χ1v) is 18.3. The molecule has 0 atom stereocenters.